The predicted octanol–water partition coefficient (Wildman–Crippen LogP) is 1.53. The highest BCUT2D eigenvalue weighted by Gasteiger charge is 2.41. The summed E-state index contributed by atoms with van der Waals surface area (Å²) in [4.78, 5) is 20.4. The summed E-state index contributed by atoms with van der Waals surface area (Å²) in [6, 6.07) is 7.60. The van der Waals surface area contributed by atoms with E-state index in [9.17, 15) is 9.90 Å². The molecule has 21 heavy (non-hydrogen) atoms. The van der Waals surface area contributed by atoms with Crippen molar-refractivity contribution >= 4 is 23.0 Å². The van der Waals surface area contributed by atoms with E-state index in [4.69, 9.17) is 0 Å². The molecule has 0 atom stereocenters. The van der Waals surface area contributed by atoms with Crippen molar-refractivity contribution in [3.05, 3.63) is 42.2 Å². The number of benzene rings is 1. The fourth-order valence-corrected chi connectivity index (χ4v) is 2.11. The Hall–Kier alpha value is -2.27. The van der Waals surface area contributed by atoms with E-state index >= 15 is 0 Å². The van der Waals surface area contributed by atoms with E-state index in [-0.39, 0.29) is 17.9 Å². The van der Waals surface area contributed by atoms with E-state index in [0.29, 0.717) is 12.2 Å². The van der Waals surface area contributed by atoms with Crippen molar-refractivity contribution in [3.8, 4) is 0 Å². The van der Waals surface area contributed by atoms with Gasteiger partial charge >= 0.3 is 0 Å². The lowest BCUT2D eigenvalue weighted by atomic mass is 10.1. The van der Waals surface area contributed by atoms with Crippen LogP contribution in [-0.4, -0.2) is 34.1 Å². The molecule has 0 saturated heterocycles. The number of carbonyl (C=O) groups excluding carboxylic acids is 1. The Kier molecular flexibility index (Phi) is 3.66. The summed E-state index contributed by atoms with van der Waals surface area (Å²) in [6.07, 6.45) is 6.69. The number of nitrogens with zero attached hydrogens (tertiary/aromatic N) is 2. The van der Waals surface area contributed by atoms with Crippen LogP contribution in [0.25, 0.3) is 17.1 Å². The van der Waals surface area contributed by atoms with Gasteiger partial charge in [0.25, 0.3) is 0 Å². The number of hydrogen-bond acceptors (Lipinski definition) is 4. The molecular weight excluding hydrogens is 266 g/mol. The minimum atomic E-state index is -0.176. The number of para-hydroxylation sites is 2. The number of amides is 1. The Labute approximate surface area is 122 Å². The second kappa shape index (κ2) is 5.61. The molecule has 2 aromatic rings. The van der Waals surface area contributed by atoms with Crippen LogP contribution < -0.4 is 5.32 Å². The van der Waals surface area contributed by atoms with Gasteiger partial charge in [-0.3, -0.25) is 9.78 Å². The Morgan fingerprint density at radius 1 is 1.33 bits per heavy atom. The zero-order chi connectivity index (χ0) is 14.7. The summed E-state index contributed by atoms with van der Waals surface area (Å²) in [5.74, 6) is -0.176. The maximum absolute atomic E-state index is 11.7. The van der Waals surface area contributed by atoms with Crippen molar-refractivity contribution in [1.29, 1.82) is 0 Å². The van der Waals surface area contributed by atoms with Gasteiger partial charge in [0.05, 0.1) is 29.5 Å². The van der Waals surface area contributed by atoms with Gasteiger partial charge in [0.15, 0.2) is 0 Å². The van der Waals surface area contributed by atoms with Gasteiger partial charge in [-0.2, -0.15) is 0 Å². The maximum Gasteiger partial charge on any atom is 0.244 e. The Morgan fingerprint density at radius 2 is 2.10 bits per heavy atom. The van der Waals surface area contributed by atoms with E-state index in [2.05, 4.69) is 15.3 Å². The normalized spacial score (nSPS) is 16.2. The van der Waals surface area contributed by atoms with Gasteiger partial charge in [-0.05, 0) is 31.1 Å². The van der Waals surface area contributed by atoms with Gasteiger partial charge in [0.1, 0.15) is 0 Å². The third-order valence-electron chi connectivity index (χ3n) is 3.80. The van der Waals surface area contributed by atoms with E-state index in [1.54, 1.807) is 12.3 Å². The summed E-state index contributed by atoms with van der Waals surface area (Å²) >= 11 is 0. The van der Waals surface area contributed by atoms with Crippen molar-refractivity contribution in [1.82, 2.24) is 15.3 Å². The van der Waals surface area contributed by atoms with Crippen molar-refractivity contribution in [2.45, 2.75) is 12.8 Å². The summed E-state index contributed by atoms with van der Waals surface area (Å²) < 4.78 is 0. The fourth-order valence-electron chi connectivity index (χ4n) is 2.11. The fraction of sp³-hybridized carbons (Fsp3) is 0.312. The quantitative estimate of drug-likeness (QED) is 0.816. The molecule has 2 N–H and O–H groups in total. The summed E-state index contributed by atoms with van der Waals surface area (Å²) in [7, 11) is 0. The number of carbonyl (C=O) groups is 1. The first kappa shape index (κ1) is 13.7. The molecular formula is C16H17N3O2. The molecule has 5 nitrogen and oxygen atoms in total. The van der Waals surface area contributed by atoms with Crippen LogP contribution in [0.1, 0.15) is 18.5 Å². The van der Waals surface area contributed by atoms with Gasteiger partial charge in [0, 0.05) is 18.0 Å². The highest BCUT2D eigenvalue weighted by atomic mass is 16.3. The van der Waals surface area contributed by atoms with Gasteiger partial charge in [-0.25, -0.2) is 4.98 Å². The van der Waals surface area contributed by atoms with E-state index in [1.165, 1.54) is 6.08 Å². The molecule has 108 valence electrons. The van der Waals surface area contributed by atoms with Gasteiger partial charge in [0.2, 0.25) is 5.91 Å². The standard InChI is InChI=1S/C16H17N3O2/c20-11-16(7-8-16)10-18-15(21)6-5-12-9-17-13-3-1-2-4-14(13)19-12/h1-6,9,20H,7-8,10-11H2,(H,18,21)/b6-5+. The lowest BCUT2D eigenvalue weighted by Crippen LogP contribution is -2.30. The first-order valence-corrected chi connectivity index (χ1v) is 6.99. The van der Waals surface area contributed by atoms with Crippen LogP contribution in [0.3, 0.4) is 0 Å². The number of hydrogen-bond donors (Lipinski definition) is 2. The Bertz CT molecular complexity index is 693. The molecule has 1 fully saturated rings. The molecule has 1 saturated carbocycles. The average molecular weight is 283 g/mol. The molecule has 1 aromatic heterocycles. The Morgan fingerprint density at radius 3 is 2.81 bits per heavy atom. The second-order valence-electron chi connectivity index (χ2n) is 5.49. The summed E-state index contributed by atoms with van der Waals surface area (Å²) in [5.41, 5.74) is 2.20. The predicted molar refractivity (Wildman–Crippen MR) is 80.3 cm³/mol. The molecule has 5 heteroatoms. The Balaban J connectivity index is 1.62. The zero-order valence-corrected chi connectivity index (χ0v) is 11.6. The highest BCUT2D eigenvalue weighted by molar-refractivity contribution is 5.91. The number of aromatic nitrogens is 2. The van der Waals surface area contributed by atoms with Crippen LogP contribution in [-0.2, 0) is 4.79 Å². The number of aliphatic hydroxyl groups is 1. The van der Waals surface area contributed by atoms with E-state index in [1.807, 2.05) is 24.3 Å². The molecule has 0 unspecified atom stereocenters. The van der Waals surface area contributed by atoms with Gasteiger partial charge in [-0.15, -0.1) is 0 Å². The largest absolute Gasteiger partial charge is 0.396 e. The third-order valence-corrected chi connectivity index (χ3v) is 3.80. The van der Waals surface area contributed by atoms with Crippen molar-refractivity contribution < 1.29 is 9.90 Å². The molecule has 0 radical (unpaired) electrons. The average Bonchev–Trinajstić information content (AvgIpc) is 3.31. The SMILES string of the molecule is O=C(/C=C/c1cnc2ccccc2n1)NCC1(CO)CC1. The van der Waals surface area contributed by atoms with E-state index < -0.39 is 0 Å². The lowest BCUT2D eigenvalue weighted by molar-refractivity contribution is -0.116. The molecule has 1 aromatic carbocycles. The van der Waals surface area contributed by atoms with Crippen LogP contribution in [0, 0.1) is 5.41 Å². The first-order chi connectivity index (χ1) is 10.2. The van der Waals surface area contributed by atoms with Gasteiger partial charge < -0.3 is 10.4 Å². The molecule has 1 heterocycles. The summed E-state index contributed by atoms with van der Waals surface area (Å²) in [6.45, 7) is 0.656. The molecule has 1 aliphatic carbocycles. The van der Waals surface area contributed by atoms with Crippen LogP contribution in [0.2, 0.25) is 0 Å². The first-order valence-electron chi connectivity index (χ1n) is 6.99. The number of rotatable bonds is 5. The van der Waals surface area contributed by atoms with Crippen LogP contribution in [0.5, 0.6) is 0 Å². The van der Waals surface area contributed by atoms with Crippen LogP contribution in [0.4, 0.5) is 0 Å². The zero-order valence-electron chi connectivity index (χ0n) is 11.6. The number of nitrogens with one attached hydrogen (secondary N) is 1. The van der Waals surface area contributed by atoms with Gasteiger partial charge in [-0.1, -0.05) is 12.1 Å². The minimum absolute atomic E-state index is 0.0771. The smallest absolute Gasteiger partial charge is 0.244 e. The molecule has 0 aliphatic heterocycles. The van der Waals surface area contributed by atoms with E-state index in [0.717, 1.165) is 23.9 Å². The molecule has 1 aliphatic rings. The van der Waals surface area contributed by atoms with Crippen molar-refractivity contribution in [2.75, 3.05) is 13.2 Å². The minimum Gasteiger partial charge on any atom is -0.396 e. The van der Waals surface area contributed by atoms with Crippen molar-refractivity contribution in [2.24, 2.45) is 5.41 Å². The van der Waals surface area contributed by atoms with Crippen molar-refractivity contribution in [3.63, 3.8) is 0 Å². The summed E-state index contributed by atoms with van der Waals surface area (Å²) in [5, 5.41) is 12.0. The third kappa shape index (κ3) is 3.25. The number of aliphatic hydroxyl groups excluding tert-OH is 1. The molecule has 0 spiro atoms. The molecule has 1 amide bonds. The second-order valence-corrected chi connectivity index (χ2v) is 5.49. The van der Waals surface area contributed by atoms with Crippen LogP contribution >= 0.6 is 0 Å². The maximum atomic E-state index is 11.7. The monoisotopic (exact) mass is 283 g/mol. The lowest BCUT2D eigenvalue weighted by Gasteiger charge is -2.10. The topological polar surface area (TPSA) is 75.1 Å². The highest BCUT2D eigenvalue weighted by Crippen LogP contribution is 2.44. The van der Waals surface area contributed by atoms with Crippen LogP contribution in [0.15, 0.2) is 36.5 Å². The molecule has 3 rings (SSSR count). The number of fused-ring (bicyclic) bond motifs is 1. The molecule has 0 bridgehead atoms.